The molecule has 8 nitrogen and oxygen atoms in total. The van der Waals surface area contributed by atoms with Crippen molar-refractivity contribution in [2.45, 2.75) is 18.2 Å². The Hall–Kier alpha value is -2.64. The lowest BCUT2D eigenvalue weighted by molar-refractivity contribution is 0.0982. The lowest BCUT2D eigenvalue weighted by atomic mass is 10.2. The summed E-state index contributed by atoms with van der Waals surface area (Å²) >= 11 is 14.0. The van der Waals surface area contributed by atoms with E-state index in [-0.39, 0.29) is 15.1 Å². The number of rotatable bonds is 6. The van der Waals surface area contributed by atoms with Crippen molar-refractivity contribution in [1.82, 2.24) is 15.5 Å². The zero-order chi connectivity index (χ0) is 23.6. The first kappa shape index (κ1) is 23.5. The third-order valence-corrected chi connectivity index (χ3v) is 8.73. The van der Waals surface area contributed by atoms with Crippen molar-refractivity contribution in [2.75, 3.05) is 10.0 Å². The minimum Gasteiger partial charge on any atom is -0.332 e. The number of carbonyl (C=O) groups is 1. The zero-order valence-electron chi connectivity index (χ0n) is 17.0. The number of benzene rings is 2. The molecule has 0 aliphatic heterocycles. The molecule has 2 heterocycles. The fraction of sp³-hybridized carbons (Fsp3) is 0.100. The first-order chi connectivity index (χ1) is 15.8. The van der Waals surface area contributed by atoms with E-state index >= 15 is 0 Å². The molecule has 0 saturated heterocycles. The third kappa shape index (κ3) is 5.31. The average Bonchev–Trinajstić information content (AvgIpc) is 3.38. The number of nitrogens with zero attached hydrogens (tertiary/aromatic N) is 2. The number of carbonyl (C=O) groups excluding carboxylic acids is 1. The van der Waals surface area contributed by atoms with E-state index in [1.54, 1.807) is 0 Å². The number of hydrogen-bond acceptors (Lipinski definition) is 8. The number of thiophene rings is 1. The molecule has 4 rings (SSSR count). The number of nitrogens with one attached hydrogen (secondary N) is 3. The molecule has 0 atom stereocenters. The molecule has 13 heteroatoms. The van der Waals surface area contributed by atoms with E-state index in [1.165, 1.54) is 46.9 Å². The summed E-state index contributed by atoms with van der Waals surface area (Å²) in [6, 6.07) is 13.4. The smallest absolute Gasteiger partial charge is 0.269 e. The molecular formula is C20H16ClN5O3S4. The number of halogens is 1. The fourth-order valence-electron chi connectivity index (χ4n) is 2.81. The van der Waals surface area contributed by atoms with Crippen LogP contribution in [0.5, 0.6) is 0 Å². The summed E-state index contributed by atoms with van der Waals surface area (Å²) in [5.41, 5.74) is 0.505. The SMILES string of the molecule is CCc1nnc(NS(=O)(=O)c2ccc(NC(=S)NC(=O)c3sc4ccccc4c3Cl)cc2)s1. The highest BCUT2D eigenvalue weighted by Gasteiger charge is 2.19. The van der Waals surface area contributed by atoms with E-state index in [1.807, 2.05) is 31.2 Å². The van der Waals surface area contributed by atoms with Gasteiger partial charge in [0.25, 0.3) is 15.9 Å². The highest BCUT2D eigenvalue weighted by Crippen LogP contribution is 2.35. The van der Waals surface area contributed by atoms with Crippen LogP contribution in [-0.4, -0.2) is 29.6 Å². The first-order valence-electron chi connectivity index (χ1n) is 9.51. The molecule has 2 aromatic carbocycles. The monoisotopic (exact) mass is 537 g/mol. The number of aryl methyl sites for hydroxylation is 1. The van der Waals surface area contributed by atoms with Crippen molar-refractivity contribution in [3.63, 3.8) is 0 Å². The standard InChI is InChI=1S/C20H16ClN5O3S4/c1-2-15-24-25-20(32-15)26-33(28,29)12-9-7-11(8-10-12)22-19(30)23-18(27)17-16(21)13-5-3-4-6-14(13)31-17/h3-10H,2H2,1H3,(H,25,26)(H2,22,23,27,30). The van der Waals surface area contributed by atoms with Gasteiger partial charge in [-0.05, 0) is 49.0 Å². The maximum absolute atomic E-state index is 12.6. The van der Waals surface area contributed by atoms with Crippen LogP contribution in [0.3, 0.4) is 0 Å². The second-order valence-corrected chi connectivity index (χ2v) is 11.2. The molecule has 170 valence electrons. The molecule has 0 unspecified atom stereocenters. The molecule has 0 spiro atoms. The lowest BCUT2D eigenvalue weighted by Crippen LogP contribution is -2.33. The summed E-state index contributed by atoms with van der Waals surface area (Å²) in [6.45, 7) is 1.91. The molecule has 0 aliphatic rings. The number of amides is 1. The molecule has 0 fully saturated rings. The van der Waals surface area contributed by atoms with Gasteiger partial charge in [0.05, 0.1) is 9.92 Å². The van der Waals surface area contributed by atoms with E-state index < -0.39 is 15.9 Å². The van der Waals surface area contributed by atoms with Gasteiger partial charge in [-0.2, -0.15) is 0 Å². The zero-order valence-corrected chi connectivity index (χ0v) is 21.0. The molecule has 0 radical (unpaired) electrons. The normalized spacial score (nSPS) is 11.3. The number of sulfonamides is 1. The Morgan fingerprint density at radius 2 is 1.82 bits per heavy atom. The van der Waals surface area contributed by atoms with Gasteiger partial charge in [0.2, 0.25) is 5.13 Å². The van der Waals surface area contributed by atoms with Crippen LogP contribution in [0.2, 0.25) is 5.02 Å². The Kier molecular flexibility index (Phi) is 6.91. The summed E-state index contributed by atoms with van der Waals surface area (Å²) in [5, 5.41) is 15.4. The van der Waals surface area contributed by atoms with Crippen molar-refractivity contribution in [3.05, 3.63) is 63.4 Å². The van der Waals surface area contributed by atoms with Crippen LogP contribution in [0.25, 0.3) is 10.1 Å². The Bertz CT molecular complexity index is 1450. The van der Waals surface area contributed by atoms with Crippen LogP contribution in [0.4, 0.5) is 10.8 Å². The van der Waals surface area contributed by atoms with Gasteiger partial charge >= 0.3 is 0 Å². The predicted molar refractivity (Wildman–Crippen MR) is 137 cm³/mol. The van der Waals surface area contributed by atoms with Crippen molar-refractivity contribution < 1.29 is 13.2 Å². The van der Waals surface area contributed by atoms with Crippen molar-refractivity contribution in [1.29, 1.82) is 0 Å². The molecule has 0 saturated carbocycles. The Balaban J connectivity index is 1.40. The molecule has 4 aromatic rings. The van der Waals surface area contributed by atoms with Gasteiger partial charge in [-0.25, -0.2) is 8.42 Å². The molecule has 0 bridgehead atoms. The van der Waals surface area contributed by atoms with Gasteiger partial charge in [0.15, 0.2) is 5.11 Å². The first-order valence-corrected chi connectivity index (χ1v) is 13.4. The molecule has 3 N–H and O–H groups in total. The van der Waals surface area contributed by atoms with Gasteiger partial charge in [-0.3, -0.25) is 14.8 Å². The number of hydrogen-bond donors (Lipinski definition) is 3. The fourth-order valence-corrected chi connectivity index (χ4v) is 6.34. The summed E-state index contributed by atoms with van der Waals surface area (Å²) in [4.78, 5) is 13.0. The van der Waals surface area contributed by atoms with Gasteiger partial charge in [0.1, 0.15) is 9.88 Å². The average molecular weight is 538 g/mol. The van der Waals surface area contributed by atoms with Crippen LogP contribution in [-0.2, 0) is 16.4 Å². The Labute approximate surface area is 208 Å². The van der Waals surface area contributed by atoms with E-state index in [2.05, 4.69) is 25.6 Å². The van der Waals surface area contributed by atoms with Gasteiger partial charge in [-0.15, -0.1) is 21.5 Å². The van der Waals surface area contributed by atoms with E-state index in [9.17, 15) is 13.2 Å². The van der Waals surface area contributed by atoms with E-state index in [4.69, 9.17) is 23.8 Å². The quantitative estimate of drug-likeness (QED) is 0.300. The lowest BCUT2D eigenvalue weighted by Gasteiger charge is -2.10. The van der Waals surface area contributed by atoms with Crippen LogP contribution >= 0.6 is 46.5 Å². The topological polar surface area (TPSA) is 113 Å². The van der Waals surface area contributed by atoms with Crippen molar-refractivity contribution >= 4 is 88.4 Å². The second kappa shape index (κ2) is 9.69. The maximum Gasteiger partial charge on any atom is 0.269 e. The predicted octanol–water partition coefficient (Wildman–Crippen LogP) is 4.90. The maximum atomic E-state index is 12.6. The molecule has 2 aromatic heterocycles. The van der Waals surface area contributed by atoms with Crippen LogP contribution in [0.15, 0.2) is 53.4 Å². The van der Waals surface area contributed by atoms with Crippen molar-refractivity contribution in [2.24, 2.45) is 0 Å². The Morgan fingerprint density at radius 3 is 2.48 bits per heavy atom. The third-order valence-electron chi connectivity index (χ3n) is 4.38. The summed E-state index contributed by atoms with van der Waals surface area (Å²) in [6.07, 6.45) is 0.672. The van der Waals surface area contributed by atoms with Gasteiger partial charge in [0, 0.05) is 15.8 Å². The molecule has 33 heavy (non-hydrogen) atoms. The molecule has 0 aliphatic carbocycles. The number of anilines is 2. The van der Waals surface area contributed by atoms with Crippen LogP contribution < -0.4 is 15.4 Å². The van der Waals surface area contributed by atoms with E-state index in [0.717, 1.165) is 15.1 Å². The largest absolute Gasteiger partial charge is 0.332 e. The Morgan fingerprint density at radius 1 is 1.09 bits per heavy atom. The van der Waals surface area contributed by atoms with Crippen LogP contribution in [0, 0.1) is 0 Å². The molecular weight excluding hydrogens is 522 g/mol. The minimum absolute atomic E-state index is 0.0494. The summed E-state index contributed by atoms with van der Waals surface area (Å²) < 4.78 is 28.4. The van der Waals surface area contributed by atoms with Gasteiger partial charge in [-0.1, -0.05) is 48.1 Å². The molecule has 1 amide bonds. The van der Waals surface area contributed by atoms with Gasteiger partial charge < -0.3 is 5.32 Å². The van der Waals surface area contributed by atoms with E-state index in [0.29, 0.717) is 22.0 Å². The number of aromatic nitrogens is 2. The second-order valence-electron chi connectivity index (χ2n) is 6.63. The number of fused-ring (bicyclic) bond motifs is 1. The minimum atomic E-state index is -3.81. The highest BCUT2D eigenvalue weighted by atomic mass is 35.5. The highest BCUT2D eigenvalue weighted by molar-refractivity contribution is 7.93. The van der Waals surface area contributed by atoms with Crippen molar-refractivity contribution in [3.8, 4) is 0 Å². The van der Waals surface area contributed by atoms with Crippen LogP contribution in [0.1, 0.15) is 21.6 Å². The number of thiocarbonyl (C=S) groups is 1. The summed E-state index contributed by atoms with van der Waals surface area (Å²) in [7, 11) is -3.81. The summed E-state index contributed by atoms with van der Waals surface area (Å²) in [5.74, 6) is -0.425.